The molecule has 0 aliphatic heterocycles. The SMILES string of the molecule is CC(C)c1ccc(C(C)NC(=O)CN(C)C(=O)c2ccco2)cc1. The van der Waals surface area contributed by atoms with Crippen molar-refractivity contribution >= 4 is 11.8 Å². The first kappa shape index (κ1) is 17.8. The van der Waals surface area contributed by atoms with E-state index in [0.717, 1.165) is 5.56 Å². The molecule has 1 aromatic heterocycles. The fourth-order valence-electron chi connectivity index (χ4n) is 2.42. The van der Waals surface area contributed by atoms with Crippen molar-refractivity contribution in [1.82, 2.24) is 10.2 Å². The van der Waals surface area contributed by atoms with Crippen molar-refractivity contribution in [2.75, 3.05) is 13.6 Å². The first-order chi connectivity index (χ1) is 11.4. The summed E-state index contributed by atoms with van der Waals surface area (Å²) >= 11 is 0. The molecule has 0 radical (unpaired) electrons. The van der Waals surface area contributed by atoms with Crippen molar-refractivity contribution in [2.45, 2.75) is 32.7 Å². The maximum atomic E-state index is 12.2. The number of hydrogen-bond donors (Lipinski definition) is 1. The lowest BCUT2D eigenvalue weighted by Crippen LogP contribution is -2.39. The Bertz CT molecular complexity index is 675. The van der Waals surface area contributed by atoms with Crippen molar-refractivity contribution < 1.29 is 14.0 Å². The zero-order valence-electron chi connectivity index (χ0n) is 14.6. The van der Waals surface area contributed by atoms with Crippen LogP contribution < -0.4 is 5.32 Å². The minimum absolute atomic E-state index is 0.0199. The van der Waals surface area contributed by atoms with E-state index in [1.165, 1.54) is 16.7 Å². The number of amides is 2. The maximum absolute atomic E-state index is 12.2. The van der Waals surface area contributed by atoms with Crippen molar-refractivity contribution in [3.8, 4) is 0 Å². The molecule has 128 valence electrons. The molecule has 5 heteroatoms. The van der Waals surface area contributed by atoms with Crippen LogP contribution >= 0.6 is 0 Å². The molecule has 1 N–H and O–H groups in total. The van der Waals surface area contributed by atoms with Crippen LogP contribution in [0.15, 0.2) is 47.1 Å². The summed E-state index contributed by atoms with van der Waals surface area (Å²) in [6.45, 7) is 6.20. The van der Waals surface area contributed by atoms with Crippen LogP contribution in [0.3, 0.4) is 0 Å². The van der Waals surface area contributed by atoms with E-state index in [9.17, 15) is 9.59 Å². The van der Waals surface area contributed by atoms with Gasteiger partial charge in [0.1, 0.15) is 0 Å². The van der Waals surface area contributed by atoms with Crippen molar-refractivity contribution in [1.29, 1.82) is 0 Å². The van der Waals surface area contributed by atoms with Gasteiger partial charge in [-0.25, -0.2) is 0 Å². The number of furan rings is 1. The Kier molecular flexibility index (Phi) is 5.79. The molecule has 0 fully saturated rings. The van der Waals surface area contributed by atoms with Crippen molar-refractivity contribution in [2.24, 2.45) is 0 Å². The lowest BCUT2D eigenvalue weighted by atomic mass is 9.99. The van der Waals surface area contributed by atoms with Gasteiger partial charge in [0.05, 0.1) is 18.8 Å². The van der Waals surface area contributed by atoms with E-state index < -0.39 is 0 Å². The highest BCUT2D eigenvalue weighted by molar-refractivity contribution is 5.94. The van der Waals surface area contributed by atoms with Gasteiger partial charge < -0.3 is 14.6 Å². The van der Waals surface area contributed by atoms with Crippen LogP contribution in [0.25, 0.3) is 0 Å². The normalized spacial score (nSPS) is 12.0. The molecule has 0 saturated carbocycles. The topological polar surface area (TPSA) is 62.6 Å². The minimum Gasteiger partial charge on any atom is -0.459 e. The number of benzene rings is 1. The molecule has 2 rings (SSSR count). The second-order valence-electron chi connectivity index (χ2n) is 6.25. The van der Waals surface area contributed by atoms with Gasteiger partial charge in [-0.15, -0.1) is 0 Å². The monoisotopic (exact) mass is 328 g/mol. The van der Waals surface area contributed by atoms with Gasteiger partial charge in [-0.2, -0.15) is 0 Å². The second kappa shape index (κ2) is 7.81. The highest BCUT2D eigenvalue weighted by Gasteiger charge is 2.18. The van der Waals surface area contributed by atoms with E-state index in [4.69, 9.17) is 4.42 Å². The Balaban J connectivity index is 1.90. The maximum Gasteiger partial charge on any atom is 0.289 e. The van der Waals surface area contributed by atoms with E-state index in [2.05, 4.69) is 31.3 Å². The number of rotatable bonds is 6. The van der Waals surface area contributed by atoms with Gasteiger partial charge in [-0.3, -0.25) is 9.59 Å². The molecule has 1 unspecified atom stereocenters. The zero-order valence-corrected chi connectivity index (χ0v) is 14.6. The van der Waals surface area contributed by atoms with Crippen LogP contribution in [0, 0.1) is 0 Å². The first-order valence-electron chi connectivity index (χ1n) is 8.06. The van der Waals surface area contributed by atoms with Crippen molar-refractivity contribution in [3.05, 3.63) is 59.5 Å². The molecule has 1 heterocycles. The van der Waals surface area contributed by atoms with E-state index in [-0.39, 0.29) is 30.2 Å². The highest BCUT2D eigenvalue weighted by Crippen LogP contribution is 2.18. The molecule has 2 aromatic rings. The van der Waals surface area contributed by atoms with Crippen LogP contribution in [0.5, 0.6) is 0 Å². The molecule has 5 nitrogen and oxygen atoms in total. The summed E-state index contributed by atoms with van der Waals surface area (Å²) in [6.07, 6.45) is 1.43. The lowest BCUT2D eigenvalue weighted by Gasteiger charge is -2.19. The molecule has 0 spiro atoms. The summed E-state index contributed by atoms with van der Waals surface area (Å²) in [5.74, 6) is 0.176. The summed E-state index contributed by atoms with van der Waals surface area (Å²) < 4.78 is 5.06. The van der Waals surface area contributed by atoms with Crippen LogP contribution in [0.2, 0.25) is 0 Å². The third kappa shape index (κ3) is 4.47. The predicted molar refractivity (Wildman–Crippen MR) is 92.8 cm³/mol. The number of carbonyl (C=O) groups excluding carboxylic acids is 2. The summed E-state index contributed by atoms with van der Waals surface area (Å²) in [6, 6.07) is 11.3. The number of likely N-dealkylation sites (N-methyl/N-ethyl adjacent to an activating group) is 1. The average molecular weight is 328 g/mol. The number of hydrogen-bond acceptors (Lipinski definition) is 3. The van der Waals surface area contributed by atoms with Gasteiger partial charge in [0.2, 0.25) is 5.91 Å². The smallest absolute Gasteiger partial charge is 0.289 e. The van der Waals surface area contributed by atoms with Gasteiger partial charge in [-0.1, -0.05) is 38.1 Å². The minimum atomic E-state index is -0.316. The summed E-state index contributed by atoms with van der Waals surface area (Å²) in [5, 5.41) is 2.91. The fraction of sp³-hybridized carbons (Fsp3) is 0.368. The molecule has 0 saturated heterocycles. The average Bonchev–Trinajstić information content (AvgIpc) is 3.08. The molecule has 1 aromatic carbocycles. The third-order valence-electron chi connectivity index (χ3n) is 3.94. The van der Waals surface area contributed by atoms with E-state index >= 15 is 0 Å². The quantitative estimate of drug-likeness (QED) is 0.884. The van der Waals surface area contributed by atoms with Crippen LogP contribution in [-0.2, 0) is 4.79 Å². The van der Waals surface area contributed by atoms with Gasteiger partial charge in [0.15, 0.2) is 5.76 Å². The van der Waals surface area contributed by atoms with E-state index in [0.29, 0.717) is 5.92 Å². The number of nitrogens with one attached hydrogen (secondary N) is 1. The summed E-state index contributed by atoms with van der Waals surface area (Å²) in [5.41, 5.74) is 2.30. The predicted octanol–water partition coefficient (Wildman–Crippen LogP) is 3.35. The van der Waals surface area contributed by atoms with Crippen molar-refractivity contribution in [3.63, 3.8) is 0 Å². The van der Waals surface area contributed by atoms with Gasteiger partial charge in [-0.05, 0) is 36.1 Å². The molecule has 0 aliphatic rings. The van der Waals surface area contributed by atoms with Gasteiger partial charge >= 0.3 is 0 Å². The first-order valence-corrected chi connectivity index (χ1v) is 8.06. The standard InChI is InChI=1S/C19H24N2O3/c1-13(2)15-7-9-16(10-8-15)14(3)20-18(22)12-21(4)19(23)17-6-5-11-24-17/h5-11,13-14H,12H2,1-4H3,(H,20,22). The lowest BCUT2D eigenvalue weighted by molar-refractivity contribution is -0.122. The Morgan fingerprint density at radius 2 is 1.71 bits per heavy atom. The fourth-order valence-corrected chi connectivity index (χ4v) is 2.42. The molecule has 0 aliphatic carbocycles. The summed E-state index contributed by atoms with van der Waals surface area (Å²) in [7, 11) is 1.58. The Labute approximate surface area is 142 Å². The van der Waals surface area contributed by atoms with Gasteiger partial charge in [0, 0.05) is 7.05 Å². The molecule has 24 heavy (non-hydrogen) atoms. The Morgan fingerprint density at radius 3 is 2.25 bits per heavy atom. The molecule has 2 amide bonds. The van der Waals surface area contributed by atoms with E-state index in [1.807, 2.05) is 19.1 Å². The molecule has 1 atom stereocenters. The number of nitrogens with zero attached hydrogens (tertiary/aromatic N) is 1. The summed E-state index contributed by atoms with van der Waals surface area (Å²) in [4.78, 5) is 25.5. The molecular weight excluding hydrogens is 304 g/mol. The van der Waals surface area contributed by atoms with Crippen LogP contribution in [-0.4, -0.2) is 30.3 Å². The second-order valence-corrected chi connectivity index (χ2v) is 6.25. The van der Waals surface area contributed by atoms with E-state index in [1.54, 1.807) is 19.2 Å². The van der Waals surface area contributed by atoms with Gasteiger partial charge in [0.25, 0.3) is 5.91 Å². The highest BCUT2D eigenvalue weighted by atomic mass is 16.3. The molecule has 0 bridgehead atoms. The number of carbonyl (C=O) groups is 2. The Hall–Kier alpha value is -2.56. The zero-order chi connectivity index (χ0) is 17.7. The third-order valence-corrected chi connectivity index (χ3v) is 3.94. The largest absolute Gasteiger partial charge is 0.459 e. The van der Waals surface area contributed by atoms with Crippen LogP contribution in [0.4, 0.5) is 0 Å². The molecular formula is C19H24N2O3. The Morgan fingerprint density at radius 1 is 1.08 bits per heavy atom. The van der Waals surface area contributed by atoms with Crippen LogP contribution in [0.1, 0.15) is 54.4 Å².